The Balaban J connectivity index is 1.45. The average Bonchev–Trinajstić information content (AvgIpc) is 3.64. The highest BCUT2D eigenvalue weighted by Crippen LogP contribution is 2.32. The number of nitrogens with zero attached hydrogens (tertiary/aromatic N) is 2. The Bertz CT molecular complexity index is 1040. The van der Waals surface area contributed by atoms with Gasteiger partial charge in [-0.15, -0.1) is 0 Å². The van der Waals surface area contributed by atoms with E-state index in [1.807, 2.05) is 17.0 Å². The Hall–Kier alpha value is -2.57. The molecular weight excluding hydrogens is 449 g/mol. The number of halogens is 2. The zero-order chi connectivity index (χ0) is 22.8. The molecule has 1 saturated heterocycles. The van der Waals surface area contributed by atoms with Crippen LogP contribution in [0.5, 0.6) is 0 Å². The topological polar surface area (TPSA) is 83.7 Å². The number of rotatable bonds is 6. The van der Waals surface area contributed by atoms with E-state index in [4.69, 9.17) is 28.9 Å². The van der Waals surface area contributed by atoms with Crippen molar-refractivity contribution in [1.82, 2.24) is 9.80 Å². The fraction of sp³-hybridized carbons (Fsp3) is 0.375. The summed E-state index contributed by atoms with van der Waals surface area (Å²) in [5, 5.41) is 0.739. The van der Waals surface area contributed by atoms with Crippen LogP contribution in [0.3, 0.4) is 0 Å². The number of likely N-dealkylation sites (tertiary alicyclic amines) is 1. The van der Waals surface area contributed by atoms with E-state index in [2.05, 4.69) is 0 Å². The highest BCUT2D eigenvalue weighted by atomic mass is 35.5. The molecular formula is C24H25Cl2N3O3. The summed E-state index contributed by atoms with van der Waals surface area (Å²) in [4.78, 5) is 41.4. The minimum atomic E-state index is -0.472. The van der Waals surface area contributed by atoms with Crippen molar-refractivity contribution in [3.63, 3.8) is 0 Å². The molecule has 1 atom stereocenters. The second-order valence-electron chi connectivity index (χ2n) is 8.48. The lowest BCUT2D eigenvalue weighted by atomic mass is 9.95. The molecule has 1 saturated carbocycles. The third-order valence-corrected chi connectivity index (χ3v) is 6.83. The molecule has 0 aromatic heterocycles. The van der Waals surface area contributed by atoms with Gasteiger partial charge >= 0.3 is 0 Å². The maximum atomic E-state index is 13.4. The van der Waals surface area contributed by atoms with E-state index in [9.17, 15) is 14.4 Å². The Morgan fingerprint density at radius 3 is 2.28 bits per heavy atom. The standard InChI is InChI=1S/C24H25Cl2N3O3/c25-20-10-7-17(12-21(20)26)23(31)28-11-1-2-18(14-28)24(32)29(19-8-9-19)13-15-3-5-16(6-4-15)22(27)30/h3-7,10,12,18-19H,1-2,8-9,11,13-14H2,(H2,27,30). The minimum absolute atomic E-state index is 0.0816. The molecule has 0 spiro atoms. The molecule has 168 valence electrons. The molecule has 1 unspecified atom stereocenters. The highest BCUT2D eigenvalue weighted by Gasteiger charge is 2.38. The summed E-state index contributed by atoms with van der Waals surface area (Å²) < 4.78 is 0. The van der Waals surface area contributed by atoms with Crippen LogP contribution in [0.15, 0.2) is 42.5 Å². The third-order valence-electron chi connectivity index (χ3n) is 6.09. The van der Waals surface area contributed by atoms with Crippen LogP contribution in [-0.2, 0) is 11.3 Å². The second-order valence-corrected chi connectivity index (χ2v) is 9.29. The molecule has 8 heteroatoms. The summed E-state index contributed by atoms with van der Waals surface area (Å²) in [6, 6.07) is 12.1. The summed E-state index contributed by atoms with van der Waals surface area (Å²) in [6.45, 7) is 1.49. The van der Waals surface area contributed by atoms with Gasteiger partial charge < -0.3 is 15.5 Å². The molecule has 0 radical (unpaired) electrons. The molecule has 4 rings (SSSR count). The van der Waals surface area contributed by atoms with E-state index in [-0.39, 0.29) is 23.8 Å². The summed E-state index contributed by atoms with van der Waals surface area (Å²) in [6.07, 6.45) is 3.51. The first kappa shape index (κ1) is 22.6. The monoisotopic (exact) mass is 473 g/mol. The molecule has 2 aliphatic rings. The maximum Gasteiger partial charge on any atom is 0.253 e. The van der Waals surface area contributed by atoms with Crippen LogP contribution in [0.25, 0.3) is 0 Å². The van der Waals surface area contributed by atoms with Crippen molar-refractivity contribution in [1.29, 1.82) is 0 Å². The predicted octanol–water partition coefficient (Wildman–Crippen LogP) is 4.14. The van der Waals surface area contributed by atoms with Crippen molar-refractivity contribution in [3.05, 3.63) is 69.2 Å². The van der Waals surface area contributed by atoms with Gasteiger partial charge in [-0.2, -0.15) is 0 Å². The highest BCUT2D eigenvalue weighted by molar-refractivity contribution is 6.42. The number of carbonyl (C=O) groups excluding carboxylic acids is 3. The molecule has 2 aromatic rings. The number of hydrogen-bond acceptors (Lipinski definition) is 3. The minimum Gasteiger partial charge on any atom is -0.366 e. The summed E-state index contributed by atoms with van der Waals surface area (Å²) in [5.74, 6) is -0.763. The van der Waals surface area contributed by atoms with Crippen molar-refractivity contribution in [2.45, 2.75) is 38.3 Å². The molecule has 1 aliphatic heterocycles. The van der Waals surface area contributed by atoms with Crippen molar-refractivity contribution in [2.24, 2.45) is 11.7 Å². The Labute approximate surface area is 197 Å². The Morgan fingerprint density at radius 1 is 0.969 bits per heavy atom. The number of hydrogen-bond donors (Lipinski definition) is 1. The maximum absolute atomic E-state index is 13.4. The lowest BCUT2D eigenvalue weighted by Crippen LogP contribution is -2.47. The smallest absolute Gasteiger partial charge is 0.253 e. The van der Waals surface area contributed by atoms with E-state index in [0.29, 0.717) is 40.8 Å². The fourth-order valence-electron chi connectivity index (χ4n) is 4.15. The fourth-order valence-corrected chi connectivity index (χ4v) is 4.45. The van der Waals surface area contributed by atoms with Crippen LogP contribution in [-0.4, -0.2) is 46.7 Å². The SMILES string of the molecule is NC(=O)c1ccc(CN(C(=O)C2CCCN(C(=O)c3ccc(Cl)c(Cl)c3)C2)C2CC2)cc1. The zero-order valence-corrected chi connectivity index (χ0v) is 19.1. The van der Waals surface area contributed by atoms with E-state index in [1.54, 1.807) is 35.2 Å². The number of carbonyl (C=O) groups is 3. The van der Waals surface area contributed by atoms with E-state index >= 15 is 0 Å². The van der Waals surface area contributed by atoms with Crippen molar-refractivity contribution in [2.75, 3.05) is 13.1 Å². The van der Waals surface area contributed by atoms with Crippen LogP contribution in [0.4, 0.5) is 0 Å². The quantitative estimate of drug-likeness (QED) is 0.683. The Kier molecular flexibility index (Phi) is 6.72. The van der Waals surface area contributed by atoms with Gasteiger partial charge in [-0.1, -0.05) is 35.3 Å². The van der Waals surface area contributed by atoms with Crippen LogP contribution < -0.4 is 5.73 Å². The number of benzene rings is 2. The third kappa shape index (κ3) is 5.08. The summed E-state index contributed by atoms with van der Waals surface area (Å²) >= 11 is 12.0. The first-order valence-electron chi connectivity index (χ1n) is 10.8. The van der Waals surface area contributed by atoms with Gasteiger partial charge in [-0.05, 0) is 61.6 Å². The van der Waals surface area contributed by atoms with E-state index in [0.717, 1.165) is 31.2 Å². The second kappa shape index (κ2) is 9.51. The normalized spacial score (nSPS) is 18.3. The number of amides is 3. The van der Waals surface area contributed by atoms with Crippen LogP contribution in [0.2, 0.25) is 10.0 Å². The first-order chi connectivity index (χ1) is 15.3. The lowest BCUT2D eigenvalue weighted by Gasteiger charge is -2.35. The van der Waals surface area contributed by atoms with Crippen LogP contribution in [0, 0.1) is 5.92 Å². The van der Waals surface area contributed by atoms with Gasteiger partial charge in [-0.25, -0.2) is 0 Å². The average molecular weight is 474 g/mol. The zero-order valence-electron chi connectivity index (χ0n) is 17.6. The number of nitrogens with two attached hydrogens (primary N) is 1. The van der Waals surface area contributed by atoms with Crippen LogP contribution in [0.1, 0.15) is 52.0 Å². The van der Waals surface area contributed by atoms with Crippen molar-refractivity contribution < 1.29 is 14.4 Å². The number of piperidine rings is 1. The summed E-state index contributed by atoms with van der Waals surface area (Å²) in [7, 11) is 0. The molecule has 3 amide bonds. The molecule has 0 bridgehead atoms. The lowest BCUT2D eigenvalue weighted by molar-refractivity contribution is -0.138. The van der Waals surface area contributed by atoms with Crippen molar-refractivity contribution >= 4 is 40.9 Å². The number of primary amides is 1. The predicted molar refractivity (Wildman–Crippen MR) is 124 cm³/mol. The van der Waals surface area contributed by atoms with E-state index in [1.165, 1.54) is 0 Å². The van der Waals surface area contributed by atoms with Gasteiger partial charge in [-0.3, -0.25) is 14.4 Å². The van der Waals surface area contributed by atoms with Gasteiger partial charge in [0, 0.05) is 36.8 Å². The van der Waals surface area contributed by atoms with Crippen molar-refractivity contribution in [3.8, 4) is 0 Å². The first-order valence-corrected chi connectivity index (χ1v) is 11.5. The molecule has 32 heavy (non-hydrogen) atoms. The van der Waals surface area contributed by atoms with Gasteiger partial charge in [0.05, 0.1) is 16.0 Å². The largest absolute Gasteiger partial charge is 0.366 e. The Morgan fingerprint density at radius 2 is 1.66 bits per heavy atom. The van der Waals surface area contributed by atoms with Gasteiger partial charge in [0.2, 0.25) is 11.8 Å². The van der Waals surface area contributed by atoms with Gasteiger partial charge in [0.1, 0.15) is 0 Å². The molecule has 2 fully saturated rings. The molecule has 1 heterocycles. The molecule has 2 aromatic carbocycles. The molecule has 1 aliphatic carbocycles. The summed E-state index contributed by atoms with van der Waals surface area (Å²) in [5.41, 5.74) is 7.19. The van der Waals surface area contributed by atoms with E-state index < -0.39 is 5.91 Å². The van der Waals surface area contributed by atoms with Gasteiger partial charge in [0.25, 0.3) is 5.91 Å². The molecule has 6 nitrogen and oxygen atoms in total. The molecule has 2 N–H and O–H groups in total. The van der Waals surface area contributed by atoms with Gasteiger partial charge in [0.15, 0.2) is 0 Å². The van der Waals surface area contributed by atoms with Crippen LogP contribution >= 0.6 is 23.2 Å².